The first kappa shape index (κ1) is 19.4. The Hall–Kier alpha value is -0.920. The summed E-state index contributed by atoms with van der Waals surface area (Å²) >= 11 is 0. The van der Waals surface area contributed by atoms with E-state index in [9.17, 15) is 8.78 Å². The van der Waals surface area contributed by atoms with E-state index in [1.54, 1.807) is 6.07 Å². The molecule has 0 amide bonds. The van der Waals surface area contributed by atoms with E-state index < -0.39 is 11.6 Å². The molecular formula is C22H34F2. The SMILES string of the molecule is C.CCCC1CCC(C2CCC(c3ccc(F)c(F)c3)CC2)CC1. The third-order valence-electron chi connectivity index (χ3n) is 6.44. The summed E-state index contributed by atoms with van der Waals surface area (Å²) in [6.45, 7) is 2.30. The lowest BCUT2D eigenvalue weighted by Crippen LogP contribution is -2.25. The maximum atomic E-state index is 13.4. The highest BCUT2D eigenvalue weighted by molar-refractivity contribution is 5.22. The fourth-order valence-electron chi connectivity index (χ4n) is 5.05. The van der Waals surface area contributed by atoms with Crippen molar-refractivity contribution in [2.75, 3.05) is 0 Å². The van der Waals surface area contributed by atoms with Gasteiger partial charge in [-0.15, -0.1) is 0 Å². The number of hydrogen-bond acceptors (Lipinski definition) is 0. The van der Waals surface area contributed by atoms with Gasteiger partial charge in [-0.05, 0) is 79.9 Å². The van der Waals surface area contributed by atoms with Crippen molar-refractivity contribution >= 4 is 0 Å². The van der Waals surface area contributed by atoms with Crippen LogP contribution in [0.25, 0.3) is 0 Å². The second-order valence-corrected chi connectivity index (χ2v) is 7.85. The first-order chi connectivity index (χ1) is 11.2. The standard InChI is InChI=1S/C21H30F2.CH4/c1-2-3-15-4-6-16(7-5-15)17-8-10-18(11-9-17)19-12-13-20(22)21(23)14-19;/h12-18H,2-11H2,1H3;1H4. The predicted molar refractivity (Wildman–Crippen MR) is 98.1 cm³/mol. The summed E-state index contributed by atoms with van der Waals surface area (Å²) < 4.78 is 26.5. The zero-order valence-electron chi connectivity index (χ0n) is 14.4. The molecule has 2 aliphatic carbocycles. The third-order valence-corrected chi connectivity index (χ3v) is 6.44. The molecule has 136 valence electrons. The zero-order valence-corrected chi connectivity index (χ0v) is 14.4. The first-order valence-electron chi connectivity index (χ1n) is 9.62. The van der Waals surface area contributed by atoms with Crippen LogP contribution in [0.3, 0.4) is 0 Å². The average Bonchev–Trinajstić information content (AvgIpc) is 2.59. The van der Waals surface area contributed by atoms with Crippen LogP contribution in [0.15, 0.2) is 18.2 Å². The van der Waals surface area contributed by atoms with E-state index in [-0.39, 0.29) is 7.43 Å². The normalized spacial score (nSPS) is 30.6. The van der Waals surface area contributed by atoms with Gasteiger partial charge in [0.05, 0.1) is 0 Å². The topological polar surface area (TPSA) is 0 Å². The molecule has 24 heavy (non-hydrogen) atoms. The molecule has 2 saturated carbocycles. The van der Waals surface area contributed by atoms with E-state index in [1.807, 2.05) is 0 Å². The summed E-state index contributed by atoms with van der Waals surface area (Å²) in [5, 5.41) is 0. The number of rotatable bonds is 4. The number of benzene rings is 1. The van der Waals surface area contributed by atoms with Gasteiger partial charge >= 0.3 is 0 Å². The summed E-state index contributed by atoms with van der Waals surface area (Å²) in [6, 6.07) is 4.47. The first-order valence-corrected chi connectivity index (χ1v) is 9.62. The van der Waals surface area contributed by atoms with Gasteiger partial charge in [-0.1, -0.05) is 46.1 Å². The molecule has 0 unspecified atom stereocenters. The monoisotopic (exact) mass is 336 g/mol. The van der Waals surface area contributed by atoms with E-state index >= 15 is 0 Å². The van der Waals surface area contributed by atoms with Gasteiger partial charge in [-0.3, -0.25) is 0 Å². The molecule has 0 aliphatic heterocycles. The van der Waals surface area contributed by atoms with Crippen LogP contribution in [0.2, 0.25) is 0 Å². The van der Waals surface area contributed by atoms with Crippen LogP contribution >= 0.6 is 0 Å². The Morgan fingerprint density at radius 3 is 1.96 bits per heavy atom. The highest BCUT2D eigenvalue weighted by Gasteiger charge is 2.31. The van der Waals surface area contributed by atoms with Gasteiger partial charge in [-0.25, -0.2) is 8.78 Å². The van der Waals surface area contributed by atoms with Gasteiger partial charge < -0.3 is 0 Å². The molecule has 1 aromatic carbocycles. The highest BCUT2D eigenvalue weighted by atomic mass is 19.2. The molecule has 0 bridgehead atoms. The minimum absolute atomic E-state index is 0. The minimum Gasteiger partial charge on any atom is -0.204 e. The van der Waals surface area contributed by atoms with Crippen molar-refractivity contribution < 1.29 is 8.78 Å². The Morgan fingerprint density at radius 2 is 1.42 bits per heavy atom. The Kier molecular flexibility index (Phi) is 7.25. The molecule has 0 nitrogen and oxygen atoms in total. The molecule has 2 heteroatoms. The van der Waals surface area contributed by atoms with E-state index in [4.69, 9.17) is 0 Å². The average molecular weight is 337 g/mol. The van der Waals surface area contributed by atoms with Crippen LogP contribution in [-0.2, 0) is 0 Å². The van der Waals surface area contributed by atoms with E-state index in [0.717, 1.165) is 36.2 Å². The van der Waals surface area contributed by atoms with Crippen LogP contribution in [0, 0.1) is 29.4 Å². The van der Waals surface area contributed by atoms with Crippen molar-refractivity contribution in [3.63, 3.8) is 0 Å². The molecule has 2 aliphatic rings. The molecule has 0 atom stereocenters. The molecule has 0 aromatic heterocycles. The van der Waals surface area contributed by atoms with Crippen molar-refractivity contribution in [3.8, 4) is 0 Å². The van der Waals surface area contributed by atoms with Crippen LogP contribution in [-0.4, -0.2) is 0 Å². The van der Waals surface area contributed by atoms with E-state index in [0.29, 0.717) is 5.92 Å². The molecule has 0 spiro atoms. The predicted octanol–water partition coefficient (Wildman–Crippen LogP) is 7.48. The summed E-state index contributed by atoms with van der Waals surface area (Å²) in [5.74, 6) is 1.78. The second-order valence-electron chi connectivity index (χ2n) is 7.85. The molecule has 0 N–H and O–H groups in total. The lowest BCUT2D eigenvalue weighted by atomic mass is 9.68. The van der Waals surface area contributed by atoms with Crippen molar-refractivity contribution in [1.82, 2.24) is 0 Å². The third kappa shape index (κ3) is 4.58. The lowest BCUT2D eigenvalue weighted by Gasteiger charge is -2.38. The van der Waals surface area contributed by atoms with Gasteiger partial charge in [-0.2, -0.15) is 0 Å². The van der Waals surface area contributed by atoms with Crippen LogP contribution in [0.4, 0.5) is 8.78 Å². The summed E-state index contributed by atoms with van der Waals surface area (Å²) in [7, 11) is 0. The molecular weight excluding hydrogens is 302 g/mol. The van der Waals surface area contributed by atoms with Gasteiger partial charge in [0, 0.05) is 0 Å². The zero-order chi connectivity index (χ0) is 16.2. The molecule has 2 fully saturated rings. The van der Waals surface area contributed by atoms with Gasteiger partial charge in [0.25, 0.3) is 0 Å². The minimum atomic E-state index is -0.730. The fraction of sp³-hybridized carbons (Fsp3) is 0.727. The molecule has 0 radical (unpaired) electrons. The number of hydrogen-bond donors (Lipinski definition) is 0. The molecule has 0 saturated heterocycles. The highest BCUT2D eigenvalue weighted by Crippen LogP contribution is 2.44. The van der Waals surface area contributed by atoms with Crippen molar-refractivity contribution in [2.45, 2.75) is 84.5 Å². The summed E-state index contributed by atoms with van der Waals surface area (Å²) in [5.41, 5.74) is 0.994. The second kappa shape index (κ2) is 8.97. The largest absolute Gasteiger partial charge is 0.204 e. The fourth-order valence-corrected chi connectivity index (χ4v) is 5.05. The quantitative estimate of drug-likeness (QED) is 0.534. The Labute approximate surface area is 147 Å². The van der Waals surface area contributed by atoms with Crippen molar-refractivity contribution in [3.05, 3.63) is 35.4 Å². The summed E-state index contributed by atoms with van der Waals surface area (Å²) in [4.78, 5) is 0. The Balaban J connectivity index is 0.00000208. The molecule has 0 heterocycles. The Morgan fingerprint density at radius 1 is 0.833 bits per heavy atom. The summed E-state index contributed by atoms with van der Waals surface area (Å²) in [6.07, 6.45) is 13.3. The van der Waals surface area contributed by atoms with Crippen molar-refractivity contribution in [1.29, 1.82) is 0 Å². The molecule has 3 rings (SSSR count). The smallest absolute Gasteiger partial charge is 0.159 e. The number of halogens is 2. The maximum Gasteiger partial charge on any atom is 0.159 e. The van der Waals surface area contributed by atoms with Gasteiger partial charge in [0.15, 0.2) is 11.6 Å². The Bertz CT molecular complexity index is 495. The lowest BCUT2D eigenvalue weighted by molar-refractivity contribution is 0.156. The van der Waals surface area contributed by atoms with Crippen molar-refractivity contribution in [2.24, 2.45) is 17.8 Å². The van der Waals surface area contributed by atoms with Gasteiger partial charge in [0.1, 0.15) is 0 Å². The van der Waals surface area contributed by atoms with Crippen LogP contribution in [0.1, 0.15) is 90.0 Å². The van der Waals surface area contributed by atoms with Crippen LogP contribution < -0.4 is 0 Å². The molecule has 1 aromatic rings. The van der Waals surface area contributed by atoms with Gasteiger partial charge in [0.2, 0.25) is 0 Å². The van der Waals surface area contributed by atoms with Crippen LogP contribution in [0.5, 0.6) is 0 Å². The van der Waals surface area contributed by atoms with E-state index in [1.165, 1.54) is 63.5 Å². The maximum absolute atomic E-state index is 13.4. The van der Waals surface area contributed by atoms with E-state index in [2.05, 4.69) is 6.92 Å².